The average molecular weight is 319 g/mol. The van der Waals surface area contributed by atoms with Crippen LogP contribution in [0.25, 0.3) is 0 Å². The fraction of sp³-hybridized carbons (Fsp3) is 0.533. The Morgan fingerprint density at radius 3 is 3.14 bits per heavy atom. The number of carbonyl (C=O) groups is 1. The van der Waals surface area contributed by atoms with Crippen LogP contribution in [0.5, 0.6) is 0 Å². The lowest BCUT2D eigenvalue weighted by Crippen LogP contribution is -2.51. The van der Waals surface area contributed by atoms with Gasteiger partial charge in [0, 0.05) is 23.5 Å². The SMILES string of the molecule is C[C@@H](N)[C@H]1CCCCN1C(=O)c1cn(Cc2cccs2)nn1. The molecule has 22 heavy (non-hydrogen) atoms. The molecule has 2 aromatic rings. The number of thiophene rings is 1. The summed E-state index contributed by atoms with van der Waals surface area (Å²) in [6.45, 7) is 3.36. The minimum absolute atomic E-state index is 0.0228. The topological polar surface area (TPSA) is 77.0 Å². The second kappa shape index (κ2) is 6.58. The van der Waals surface area contributed by atoms with E-state index in [9.17, 15) is 4.79 Å². The molecule has 118 valence electrons. The largest absolute Gasteiger partial charge is 0.333 e. The molecule has 2 atom stereocenters. The van der Waals surface area contributed by atoms with Crippen molar-refractivity contribution in [2.45, 2.75) is 44.8 Å². The Labute approximate surface area is 133 Å². The summed E-state index contributed by atoms with van der Waals surface area (Å²) in [5, 5.41) is 10.1. The van der Waals surface area contributed by atoms with Crippen molar-refractivity contribution in [2.24, 2.45) is 5.73 Å². The van der Waals surface area contributed by atoms with Crippen LogP contribution in [0, 0.1) is 0 Å². The van der Waals surface area contributed by atoms with E-state index in [0.29, 0.717) is 12.2 Å². The number of carbonyl (C=O) groups excluding carboxylic acids is 1. The van der Waals surface area contributed by atoms with Crippen LogP contribution in [0.2, 0.25) is 0 Å². The van der Waals surface area contributed by atoms with E-state index in [4.69, 9.17) is 5.73 Å². The normalized spacial score (nSPS) is 20.1. The van der Waals surface area contributed by atoms with Gasteiger partial charge in [-0.15, -0.1) is 16.4 Å². The van der Waals surface area contributed by atoms with Crippen LogP contribution in [0.15, 0.2) is 23.7 Å². The van der Waals surface area contributed by atoms with Gasteiger partial charge in [-0.2, -0.15) is 0 Å². The van der Waals surface area contributed by atoms with Crippen LogP contribution in [-0.2, 0) is 6.54 Å². The fourth-order valence-electron chi connectivity index (χ4n) is 2.94. The monoisotopic (exact) mass is 319 g/mol. The molecule has 3 rings (SSSR count). The fourth-order valence-corrected chi connectivity index (χ4v) is 3.64. The van der Waals surface area contributed by atoms with Gasteiger partial charge in [-0.25, -0.2) is 4.68 Å². The number of aromatic nitrogens is 3. The molecule has 0 bridgehead atoms. The molecule has 1 aliphatic rings. The number of amides is 1. The molecular formula is C15H21N5OS. The Hall–Kier alpha value is -1.73. The minimum Gasteiger partial charge on any atom is -0.333 e. The number of nitrogens with two attached hydrogens (primary N) is 1. The van der Waals surface area contributed by atoms with E-state index < -0.39 is 0 Å². The Bertz CT molecular complexity index is 622. The van der Waals surface area contributed by atoms with Gasteiger partial charge < -0.3 is 10.6 Å². The van der Waals surface area contributed by atoms with E-state index >= 15 is 0 Å². The van der Waals surface area contributed by atoms with E-state index in [1.807, 2.05) is 29.3 Å². The highest BCUT2D eigenvalue weighted by Gasteiger charge is 2.31. The molecule has 0 aliphatic carbocycles. The predicted octanol–water partition coefficient (Wildman–Crippen LogP) is 1.73. The van der Waals surface area contributed by atoms with Crippen molar-refractivity contribution >= 4 is 17.2 Å². The van der Waals surface area contributed by atoms with Crippen LogP contribution < -0.4 is 5.73 Å². The van der Waals surface area contributed by atoms with E-state index in [1.54, 1.807) is 22.2 Å². The highest BCUT2D eigenvalue weighted by Crippen LogP contribution is 2.21. The van der Waals surface area contributed by atoms with Gasteiger partial charge in [0.15, 0.2) is 5.69 Å². The Morgan fingerprint density at radius 1 is 1.55 bits per heavy atom. The van der Waals surface area contributed by atoms with Crippen LogP contribution in [0.4, 0.5) is 0 Å². The zero-order valence-corrected chi connectivity index (χ0v) is 13.5. The van der Waals surface area contributed by atoms with Gasteiger partial charge >= 0.3 is 0 Å². The van der Waals surface area contributed by atoms with Crippen molar-refractivity contribution in [3.8, 4) is 0 Å². The number of nitrogens with zero attached hydrogens (tertiary/aromatic N) is 4. The minimum atomic E-state index is -0.0561. The van der Waals surface area contributed by atoms with Crippen molar-refractivity contribution in [2.75, 3.05) is 6.54 Å². The van der Waals surface area contributed by atoms with Crippen LogP contribution in [0.3, 0.4) is 0 Å². The Morgan fingerprint density at radius 2 is 2.41 bits per heavy atom. The van der Waals surface area contributed by atoms with Gasteiger partial charge in [-0.3, -0.25) is 4.79 Å². The second-order valence-electron chi connectivity index (χ2n) is 5.80. The number of rotatable bonds is 4. The Balaban J connectivity index is 1.73. The number of hydrogen-bond donors (Lipinski definition) is 1. The smallest absolute Gasteiger partial charge is 0.276 e. The molecule has 0 unspecified atom stereocenters. The maximum Gasteiger partial charge on any atom is 0.276 e. The van der Waals surface area contributed by atoms with Gasteiger partial charge in [0.25, 0.3) is 5.91 Å². The Kier molecular flexibility index (Phi) is 4.54. The molecule has 6 nitrogen and oxygen atoms in total. The molecule has 1 fully saturated rings. The molecule has 7 heteroatoms. The average Bonchev–Trinajstić information content (AvgIpc) is 3.19. The van der Waals surface area contributed by atoms with E-state index in [0.717, 1.165) is 25.8 Å². The highest BCUT2D eigenvalue weighted by atomic mass is 32.1. The van der Waals surface area contributed by atoms with E-state index in [1.165, 1.54) is 4.88 Å². The first-order chi connectivity index (χ1) is 10.6. The lowest BCUT2D eigenvalue weighted by Gasteiger charge is -2.37. The molecule has 0 radical (unpaired) electrons. The first-order valence-electron chi connectivity index (χ1n) is 7.64. The molecule has 2 aromatic heterocycles. The number of piperidine rings is 1. The number of hydrogen-bond acceptors (Lipinski definition) is 5. The van der Waals surface area contributed by atoms with Crippen molar-refractivity contribution in [1.82, 2.24) is 19.9 Å². The van der Waals surface area contributed by atoms with Gasteiger partial charge in [0.2, 0.25) is 0 Å². The maximum absolute atomic E-state index is 12.7. The first-order valence-corrected chi connectivity index (χ1v) is 8.52. The van der Waals surface area contributed by atoms with Crippen molar-refractivity contribution < 1.29 is 4.79 Å². The van der Waals surface area contributed by atoms with Crippen molar-refractivity contribution in [3.63, 3.8) is 0 Å². The van der Waals surface area contributed by atoms with Gasteiger partial charge in [0.1, 0.15) is 0 Å². The van der Waals surface area contributed by atoms with Gasteiger partial charge in [-0.1, -0.05) is 11.3 Å². The molecule has 1 amide bonds. The molecule has 0 saturated carbocycles. The molecule has 0 spiro atoms. The first kappa shape index (κ1) is 15.2. The molecule has 2 N–H and O–H groups in total. The quantitative estimate of drug-likeness (QED) is 0.931. The third-order valence-corrected chi connectivity index (χ3v) is 4.93. The molecule has 3 heterocycles. The van der Waals surface area contributed by atoms with Gasteiger partial charge in [0.05, 0.1) is 12.7 Å². The van der Waals surface area contributed by atoms with Crippen LogP contribution in [-0.4, -0.2) is 44.4 Å². The standard InChI is InChI=1S/C15H21N5OS/c1-11(16)14-6-2-3-7-20(14)15(21)13-10-19(18-17-13)9-12-5-4-8-22-12/h4-5,8,10-11,14H,2-3,6-7,9,16H2,1H3/t11-,14-/m1/s1. The summed E-state index contributed by atoms with van der Waals surface area (Å²) < 4.78 is 1.71. The summed E-state index contributed by atoms with van der Waals surface area (Å²) in [7, 11) is 0. The van der Waals surface area contributed by atoms with E-state index in [2.05, 4.69) is 10.3 Å². The third kappa shape index (κ3) is 3.20. The summed E-state index contributed by atoms with van der Waals surface area (Å²) >= 11 is 1.67. The lowest BCUT2D eigenvalue weighted by atomic mass is 9.96. The van der Waals surface area contributed by atoms with Crippen LogP contribution in [0.1, 0.15) is 41.6 Å². The summed E-state index contributed by atoms with van der Waals surface area (Å²) in [6.07, 6.45) is 4.85. The molecule has 1 aliphatic heterocycles. The second-order valence-corrected chi connectivity index (χ2v) is 6.83. The summed E-state index contributed by atoms with van der Waals surface area (Å²) in [5.74, 6) is -0.0561. The molecule has 1 saturated heterocycles. The molecular weight excluding hydrogens is 298 g/mol. The molecule has 0 aromatic carbocycles. The summed E-state index contributed by atoms with van der Waals surface area (Å²) in [4.78, 5) is 15.7. The van der Waals surface area contributed by atoms with E-state index in [-0.39, 0.29) is 18.0 Å². The van der Waals surface area contributed by atoms with Crippen molar-refractivity contribution in [1.29, 1.82) is 0 Å². The zero-order valence-electron chi connectivity index (χ0n) is 12.7. The van der Waals surface area contributed by atoms with Crippen LogP contribution >= 0.6 is 11.3 Å². The van der Waals surface area contributed by atoms with Gasteiger partial charge in [-0.05, 0) is 37.6 Å². The van der Waals surface area contributed by atoms with Crippen molar-refractivity contribution in [3.05, 3.63) is 34.3 Å². The number of likely N-dealkylation sites (tertiary alicyclic amines) is 1. The lowest BCUT2D eigenvalue weighted by molar-refractivity contribution is 0.0577. The summed E-state index contributed by atoms with van der Waals surface area (Å²) in [6, 6.07) is 4.13. The summed E-state index contributed by atoms with van der Waals surface area (Å²) in [5.41, 5.74) is 6.44. The highest BCUT2D eigenvalue weighted by molar-refractivity contribution is 7.09. The third-order valence-electron chi connectivity index (χ3n) is 4.07. The predicted molar refractivity (Wildman–Crippen MR) is 85.8 cm³/mol. The maximum atomic E-state index is 12.7. The zero-order chi connectivity index (χ0) is 15.5.